The third-order valence-electron chi connectivity index (χ3n) is 4.56. The van der Waals surface area contributed by atoms with Crippen molar-refractivity contribution in [2.24, 2.45) is 5.41 Å². The minimum atomic E-state index is -0.113. The van der Waals surface area contributed by atoms with Gasteiger partial charge >= 0.3 is 0 Å². The molecule has 2 aromatic rings. The molecule has 0 amide bonds. The zero-order chi connectivity index (χ0) is 16.8. The Labute approximate surface area is 139 Å². The lowest BCUT2D eigenvalue weighted by molar-refractivity contribution is 0.321. The predicted octanol–water partition coefficient (Wildman–Crippen LogP) is 5.50. The van der Waals surface area contributed by atoms with E-state index in [-0.39, 0.29) is 5.41 Å². The minimum Gasteiger partial charge on any atom is -0.338 e. The van der Waals surface area contributed by atoms with Crippen molar-refractivity contribution in [1.82, 2.24) is 10.1 Å². The molecular formula is C20H28N2O. The van der Waals surface area contributed by atoms with E-state index in [1.165, 1.54) is 24.0 Å². The van der Waals surface area contributed by atoms with Gasteiger partial charge in [-0.2, -0.15) is 4.98 Å². The summed E-state index contributed by atoms with van der Waals surface area (Å²) in [5, 5.41) is 4.24. The highest BCUT2D eigenvalue weighted by molar-refractivity contribution is 5.64. The standard InChI is InChI=1S/C20H28N2O/c1-19(2,3)12-13-10-11-15-14(13)8-7-9-16(15)17-21-18(23-22-17)20(4,5)6/h7-9,13H,10-12H2,1-6H3/t13-/m1/s1. The van der Waals surface area contributed by atoms with Gasteiger partial charge in [0.05, 0.1) is 0 Å². The fourth-order valence-electron chi connectivity index (χ4n) is 3.54. The first kappa shape index (κ1) is 16.2. The smallest absolute Gasteiger partial charge is 0.232 e. The maximum atomic E-state index is 5.49. The van der Waals surface area contributed by atoms with E-state index in [9.17, 15) is 0 Å². The normalized spacial score (nSPS) is 18.3. The van der Waals surface area contributed by atoms with E-state index in [2.05, 4.69) is 69.9 Å². The molecule has 1 aliphatic rings. The number of nitrogens with zero attached hydrogens (tertiary/aromatic N) is 2. The number of aromatic nitrogens is 2. The topological polar surface area (TPSA) is 38.9 Å². The van der Waals surface area contributed by atoms with E-state index in [1.54, 1.807) is 0 Å². The molecule has 3 heteroatoms. The average molecular weight is 312 g/mol. The summed E-state index contributed by atoms with van der Waals surface area (Å²) in [5.41, 5.74) is 4.30. The van der Waals surface area contributed by atoms with Gasteiger partial charge in [-0.3, -0.25) is 0 Å². The Morgan fingerprint density at radius 3 is 2.48 bits per heavy atom. The van der Waals surface area contributed by atoms with E-state index in [0.717, 1.165) is 17.8 Å². The van der Waals surface area contributed by atoms with Crippen molar-refractivity contribution in [3.05, 3.63) is 35.2 Å². The van der Waals surface area contributed by atoms with E-state index >= 15 is 0 Å². The molecule has 0 N–H and O–H groups in total. The van der Waals surface area contributed by atoms with E-state index in [4.69, 9.17) is 4.52 Å². The van der Waals surface area contributed by atoms with Gasteiger partial charge in [0.1, 0.15) is 0 Å². The second-order valence-corrected chi connectivity index (χ2v) is 9.05. The Hall–Kier alpha value is -1.64. The molecule has 0 aliphatic heterocycles. The van der Waals surface area contributed by atoms with Crippen LogP contribution in [0.2, 0.25) is 0 Å². The number of fused-ring (bicyclic) bond motifs is 1. The summed E-state index contributed by atoms with van der Waals surface area (Å²) in [6.45, 7) is 13.3. The second kappa shape index (κ2) is 5.47. The minimum absolute atomic E-state index is 0.113. The molecule has 124 valence electrons. The lowest BCUT2D eigenvalue weighted by Gasteiger charge is -2.23. The fraction of sp³-hybridized carbons (Fsp3) is 0.600. The summed E-state index contributed by atoms with van der Waals surface area (Å²) in [6.07, 6.45) is 3.57. The van der Waals surface area contributed by atoms with Gasteiger partial charge in [0.25, 0.3) is 0 Å². The predicted molar refractivity (Wildman–Crippen MR) is 93.6 cm³/mol. The number of hydrogen-bond donors (Lipinski definition) is 0. The van der Waals surface area contributed by atoms with Gasteiger partial charge in [0.2, 0.25) is 11.7 Å². The maximum absolute atomic E-state index is 5.49. The molecule has 0 unspecified atom stereocenters. The van der Waals surface area contributed by atoms with Crippen molar-refractivity contribution in [2.45, 2.75) is 72.1 Å². The molecule has 1 heterocycles. The highest BCUT2D eigenvalue weighted by Gasteiger charge is 2.30. The zero-order valence-electron chi connectivity index (χ0n) is 15.2. The Balaban J connectivity index is 1.96. The monoisotopic (exact) mass is 312 g/mol. The van der Waals surface area contributed by atoms with Crippen LogP contribution in [0, 0.1) is 5.41 Å². The second-order valence-electron chi connectivity index (χ2n) is 9.05. The highest BCUT2D eigenvalue weighted by Crippen LogP contribution is 2.43. The van der Waals surface area contributed by atoms with Crippen LogP contribution in [0.5, 0.6) is 0 Å². The molecule has 0 saturated carbocycles. The third-order valence-corrected chi connectivity index (χ3v) is 4.56. The van der Waals surface area contributed by atoms with Crippen LogP contribution in [0.15, 0.2) is 22.7 Å². The molecule has 0 radical (unpaired) electrons. The van der Waals surface area contributed by atoms with E-state index < -0.39 is 0 Å². The van der Waals surface area contributed by atoms with Gasteiger partial charge in [-0.25, -0.2) is 0 Å². The molecule has 1 aromatic carbocycles. The Bertz CT molecular complexity index is 701. The Morgan fingerprint density at radius 2 is 1.87 bits per heavy atom. The van der Waals surface area contributed by atoms with Gasteiger partial charge in [0.15, 0.2) is 0 Å². The molecule has 3 nitrogen and oxygen atoms in total. The van der Waals surface area contributed by atoms with Crippen LogP contribution in [0.3, 0.4) is 0 Å². The average Bonchev–Trinajstić information content (AvgIpc) is 3.03. The number of benzene rings is 1. The van der Waals surface area contributed by atoms with Gasteiger partial charge in [-0.15, -0.1) is 0 Å². The largest absolute Gasteiger partial charge is 0.338 e. The van der Waals surface area contributed by atoms with Crippen molar-refractivity contribution >= 4 is 0 Å². The van der Waals surface area contributed by atoms with Crippen LogP contribution >= 0.6 is 0 Å². The Morgan fingerprint density at radius 1 is 1.13 bits per heavy atom. The summed E-state index contributed by atoms with van der Waals surface area (Å²) in [6, 6.07) is 6.56. The maximum Gasteiger partial charge on any atom is 0.232 e. The molecule has 0 spiro atoms. The lowest BCUT2D eigenvalue weighted by Crippen LogP contribution is -2.11. The first-order valence-corrected chi connectivity index (χ1v) is 8.61. The number of rotatable bonds is 2. The van der Waals surface area contributed by atoms with Crippen LogP contribution in [-0.4, -0.2) is 10.1 Å². The van der Waals surface area contributed by atoms with Crippen molar-refractivity contribution in [1.29, 1.82) is 0 Å². The van der Waals surface area contributed by atoms with Crippen molar-refractivity contribution in [2.75, 3.05) is 0 Å². The summed E-state index contributed by atoms with van der Waals surface area (Å²) in [5.74, 6) is 2.09. The van der Waals surface area contributed by atoms with Crippen LogP contribution < -0.4 is 0 Å². The first-order chi connectivity index (χ1) is 10.6. The van der Waals surface area contributed by atoms with Crippen LogP contribution in [0.4, 0.5) is 0 Å². The van der Waals surface area contributed by atoms with Gasteiger partial charge in [0, 0.05) is 11.0 Å². The molecule has 0 bridgehead atoms. The lowest BCUT2D eigenvalue weighted by atomic mass is 9.82. The molecule has 1 aliphatic carbocycles. The summed E-state index contributed by atoms with van der Waals surface area (Å²) < 4.78 is 5.49. The van der Waals surface area contributed by atoms with Gasteiger partial charge in [-0.1, -0.05) is 64.9 Å². The van der Waals surface area contributed by atoms with Gasteiger partial charge in [-0.05, 0) is 41.7 Å². The molecule has 1 aromatic heterocycles. The quantitative estimate of drug-likeness (QED) is 0.735. The molecular weight excluding hydrogens is 284 g/mol. The van der Waals surface area contributed by atoms with Crippen LogP contribution in [0.25, 0.3) is 11.4 Å². The molecule has 0 saturated heterocycles. The van der Waals surface area contributed by atoms with Crippen molar-refractivity contribution in [3.8, 4) is 11.4 Å². The first-order valence-electron chi connectivity index (χ1n) is 8.61. The molecule has 23 heavy (non-hydrogen) atoms. The van der Waals surface area contributed by atoms with Crippen LogP contribution in [-0.2, 0) is 11.8 Å². The summed E-state index contributed by atoms with van der Waals surface area (Å²) >= 11 is 0. The molecule has 3 rings (SSSR count). The SMILES string of the molecule is CC(C)(C)C[C@H]1CCc2c(-c3noc(C(C)(C)C)n3)cccc21. The van der Waals surface area contributed by atoms with E-state index in [0.29, 0.717) is 17.2 Å². The fourth-order valence-corrected chi connectivity index (χ4v) is 3.54. The van der Waals surface area contributed by atoms with E-state index in [1.807, 2.05) is 0 Å². The molecule has 1 atom stereocenters. The Kier molecular flexibility index (Phi) is 3.86. The highest BCUT2D eigenvalue weighted by atomic mass is 16.5. The van der Waals surface area contributed by atoms with Crippen molar-refractivity contribution < 1.29 is 4.52 Å². The van der Waals surface area contributed by atoms with Gasteiger partial charge < -0.3 is 4.52 Å². The third kappa shape index (κ3) is 3.34. The van der Waals surface area contributed by atoms with Crippen molar-refractivity contribution in [3.63, 3.8) is 0 Å². The number of hydrogen-bond acceptors (Lipinski definition) is 3. The summed E-state index contributed by atoms with van der Waals surface area (Å²) in [7, 11) is 0. The zero-order valence-corrected chi connectivity index (χ0v) is 15.2. The van der Waals surface area contributed by atoms with Crippen LogP contribution in [0.1, 0.15) is 77.3 Å². The molecule has 0 fully saturated rings. The summed E-state index contributed by atoms with van der Waals surface area (Å²) in [4.78, 5) is 4.65.